The fourth-order valence-electron chi connectivity index (χ4n) is 0. The van der Waals surface area contributed by atoms with Crippen LogP contribution in [0.2, 0.25) is 0 Å². The first-order valence-electron chi connectivity index (χ1n) is 1.28. The molecule has 0 aliphatic carbocycles. The molecule has 0 aliphatic rings. The first-order valence-corrected chi connectivity index (χ1v) is 2.61. The van der Waals surface area contributed by atoms with Gasteiger partial charge < -0.3 is 24.1 Å². The van der Waals surface area contributed by atoms with Crippen LogP contribution in [-0.4, -0.2) is 23.7 Å². The van der Waals surface area contributed by atoms with Crippen molar-refractivity contribution in [2.75, 3.05) is 0 Å². The van der Waals surface area contributed by atoms with Gasteiger partial charge in [-0.3, -0.25) is 8.42 Å². The molecule has 0 atom stereocenters. The van der Waals surface area contributed by atoms with Crippen LogP contribution in [0.3, 0.4) is 0 Å². The molecule has 1 radical (unpaired) electrons. The zero-order chi connectivity index (χ0) is 8.08. The van der Waals surface area contributed by atoms with Gasteiger partial charge in [0.25, 0.3) is 0 Å². The Kier molecular flexibility index (Phi) is 11.1. The summed E-state index contributed by atoms with van der Waals surface area (Å²) in [5, 5.41) is 16.7. The van der Waals surface area contributed by atoms with Gasteiger partial charge in [0.1, 0.15) is 0 Å². The molecule has 10 heavy (non-hydrogen) atoms. The van der Waals surface area contributed by atoms with E-state index in [1.807, 2.05) is 0 Å². The Balaban J connectivity index is -0.0000000910. The normalized spacial score (nSPS) is 8.20. The van der Waals surface area contributed by atoms with E-state index in [0.29, 0.717) is 0 Å². The van der Waals surface area contributed by atoms with Crippen molar-refractivity contribution < 1.29 is 49.6 Å². The zero-order valence-electron chi connectivity index (χ0n) is 4.07. The van der Waals surface area contributed by atoms with Crippen molar-refractivity contribution in [1.82, 2.24) is 0 Å². The second-order valence-electron chi connectivity index (χ2n) is 0.658. The molecule has 0 heterocycles. The van der Waals surface area contributed by atoms with E-state index < -0.39 is 16.6 Å². The molecule has 0 aliphatic heterocycles. The average molecular weight is 220 g/mol. The molecule has 7 nitrogen and oxygen atoms in total. The SMILES string of the molecule is O=C([O-])[O-].O=S(=O)([O-])[O-].[Cu]. The van der Waals surface area contributed by atoms with Crippen molar-refractivity contribution in [2.24, 2.45) is 0 Å². The minimum absolute atomic E-state index is 0. The van der Waals surface area contributed by atoms with E-state index in [1.54, 1.807) is 0 Å². The minimum atomic E-state index is -5.17. The van der Waals surface area contributed by atoms with Gasteiger partial charge in [0.2, 0.25) is 0 Å². The van der Waals surface area contributed by atoms with Gasteiger partial charge in [0, 0.05) is 27.5 Å². The predicted molar refractivity (Wildman–Crippen MR) is 15.9 cm³/mol. The van der Waals surface area contributed by atoms with Crippen molar-refractivity contribution in [3.8, 4) is 0 Å². The summed E-state index contributed by atoms with van der Waals surface area (Å²) in [4.78, 5) is 8.33. The molecule has 0 bridgehead atoms. The molecule has 0 amide bonds. The Morgan fingerprint density at radius 2 is 1.10 bits per heavy atom. The molecule has 0 spiro atoms. The van der Waals surface area contributed by atoms with Gasteiger partial charge >= 0.3 is 0 Å². The molecule has 0 unspecified atom stereocenters. The largest absolute Gasteiger partial charge is 0.759 e. The van der Waals surface area contributed by atoms with Crippen molar-refractivity contribution in [3.05, 3.63) is 0 Å². The topological polar surface area (TPSA) is 143 Å². The Labute approximate surface area is 66.7 Å². The Hall–Kier alpha value is -0.341. The molecular formula is CCuO7S-4. The van der Waals surface area contributed by atoms with Gasteiger partial charge in [-0.1, -0.05) is 0 Å². The summed E-state index contributed by atoms with van der Waals surface area (Å²) in [6, 6.07) is 0. The average Bonchev–Trinajstić information content (AvgIpc) is 1.19. The molecule has 67 valence electrons. The minimum Gasteiger partial charge on any atom is -0.759 e. The van der Waals surface area contributed by atoms with Crippen LogP contribution in [0, 0.1) is 0 Å². The fraction of sp³-hybridized carbons (Fsp3) is 0. The Bertz CT molecular complexity index is 156. The maximum absolute atomic E-state index is 8.52. The van der Waals surface area contributed by atoms with Crippen LogP contribution in [0.5, 0.6) is 0 Å². The molecule has 9 heteroatoms. The van der Waals surface area contributed by atoms with Gasteiger partial charge in [-0.15, -0.1) is 0 Å². The number of hydrogen-bond acceptors (Lipinski definition) is 7. The summed E-state index contributed by atoms with van der Waals surface area (Å²) in [6.45, 7) is 0. The van der Waals surface area contributed by atoms with E-state index in [-0.39, 0.29) is 17.1 Å². The summed E-state index contributed by atoms with van der Waals surface area (Å²) in [7, 11) is -5.17. The predicted octanol–water partition coefficient (Wildman–Crippen LogP) is -3.79. The van der Waals surface area contributed by atoms with E-state index in [0.717, 1.165) is 0 Å². The van der Waals surface area contributed by atoms with Gasteiger partial charge in [-0.05, 0) is 6.16 Å². The maximum Gasteiger partial charge on any atom is 0.0311 e. The molecule has 0 rings (SSSR count). The van der Waals surface area contributed by atoms with Crippen LogP contribution in [0.15, 0.2) is 0 Å². The summed E-state index contributed by atoms with van der Waals surface area (Å²) in [5.41, 5.74) is 0. The van der Waals surface area contributed by atoms with Crippen molar-refractivity contribution in [2.45, 2.75) is 0 Å². The number of carboxylic acid groups (broad SMARTS) is 2. The van der Waals surface area contributed by atoms with Crippen LogP contribution >= 0.6 is 0 Å². The molecular weight excluding hydrogens is 220 g/mol. The summed E-state index contributed by atoms with van der Waals surface area (Å²) in [6.07, 6.45) is -2.33. The van der Waals surface area contributed by atoms with Crippen molar-refractivity contribution >= 4 is 16.6 Å². The Morgan fingerprint density at radius 3 is 1.10 bits per heavy atom. The van der Waals surface area contributed by atoms with Crippen LogP contribution in [0.4, 0.5) is 4.79 Å². The van der Waals surface area contributed by atoms with E-state index >= 15 is 0 Å². The smallest absolute Gasteiger partial charge is 0.0311 e. The zero-order valence-corrected chi connectivity index (χ0v) is 5.83. The van der Waals surface area contributed by atoms with Crippen LogP contribution < -0.4 is 10.2 Å². The fourth-order valence-corrected chi connectivity index (χ4v) is 0. The van der Waals surface area contributed by atoms with E-state index in [9.17, 15) is 0 Å². The number of carbonyl (C=O) groups is 1. The van der Waals surface area contributed by atoms with Gasteiger partial charge in [0.15, 0.2) is 0 Å². The Morgan fingerprint density at radius 1 is 1.10 bits per heavy atom. The van der Waals surface area contributed by atoms with Gasteiger partial charge in [0.05, 0.1) is 0 Å². The first-order chi connectivity index (χ1) is 3.73. The van der Waals surface area contributed by atoms with E-state index in [4.69, 9.17) is 32.5 Å². The van der Waals surface area contributed by atoms with Crippen LogP contribution in [0.25, 0.3) is 0 Å². The standard InChI is InChI=1S/CH2O3.Cu.H2O4S/c2-1(3)4;;1-5(2,3)4/h(H2,2,3,4);;(H2,1,2,3,4)/p-4. The molecule has 0 saturated heterocycles. The number of hydrogen-bond donors (Lipinski definition) is 0. The molecule has 0 fully saturated rings. The summed E-state index contributed by atoms with van der Waals surface area (Å²) < 4.78 is 34.1. The second-order valence-corrected chi connectivity index (χ2v) is 1.47. The van der Waals surface area contributed by atoms with E-state index in [1.165, 1.54) is 0 Å². The number of carbonyl (C=O) groups excluding carboxylic acids is 1. The van der Waals surface area contributed by atoms with Crippen molar-refractivity contribution in [1.29, 1.82) is 0 Å². The van der Waals surface area contributed by atoms with Crippen LogP contribution in [0.1, 0.15) is 0 Å². The monoisotopic (exact) mass is 219 g/mol. The molecule has 0 aromatic carbocycles. The molecule has 0 saturated carbocycles. The molecule has 0 aromatic rings. The third-order valence-corrected chi connectivity index (χ3v) is 0. The quantitative estimate of drug-likeness (QED) is 0.231. The number of rotatable bonds is 0. The third-order valence-electron chi connectivity index (χ3n) is 0. The first kappa shape index (κ1) is 16.3. The molecule has 0 N–H and O–H groups in total. The maximum atomic E-state index is 8.52. The van der Waals surface area contributed by atoms with Crippen LogP contribution in [-0.2, 0) is 27.5 Å². The van der Waals surface area contributed by atoms with Gasteiger partial charge in [-0.25, -0.2) is 0 Å². The summed E-state index contributed by atoms with van der Waals surface area (Å²) >= 11 is 0. The molecule has 0 aromatic heterocycles. The van der Waals surface area contributed by atoms with Gasteiger partial charge in [-0.2, -0.15) is 0 Å². The van der Waals surface area contributed by atoms with Crippen molar-refractivity contribution in [3.63, 3.8) is 0 Å². The summed E-state index contributed by atoms with van der Waals surface area (Å²) in [5.74, 6) is 0. The third kappa shape index (κ3) is 2930. The second kappa shape index (κ2) is 6.77. The van der Waals surface area contributed by atoms with E-state index in [2.05, 4.69) is 0 Å².